The smallest absolute Gasteiger partial charge is 0.0809 e. The molecule has 0 radical (unpaired) electrons. The fourth-order valence-corrected chi connectivity index (χ4v) is 8.14. The molecular formula is C25H38N2O. The van der Waals surface area contributed by atoms with Crippen LogP contribution >= 0.6 is 0 Å². The number of aryl methyl sites for hydroxylation is 1. The first-order chi connectivity index (χ1) is 13.5. The average molecular weight is 383 g/mol. The van der Waals surface area contributed by atoms with Crippen LogP contribution in [-0.4, -0.2) is 21.0 Å². The van der Waals surface area contributed by atoms with Crippen LogP contribution in [0.5, 0.6) is 0 Å². The van der Waals surface area contributed by atoms with E-state index in [1.807, 2.05) is 10.9 Å². The van der Waals surface area contributed by atoms with Crippen LogP contribution in [0.4, 0.5) is 0 Å². The first-order valence-corrected chi connectivity index (χ1v) is 11.9. The van der Waals surface area contributed by atoms with Crippen molar-refractivity contribution < 1.29 is 5.11 Å². The SMILES string of the molecule is CCn1cc(/C=C2\CC3C4CCC5CCCCC5(C)C4CCC3(C)C2O)cn1. The molecule has 0 aliphatic heterocycles. The second kappa shape index (κ2) is 6.72. The van der Waals surface area contributed by atoms with E-state index in [2.05, 4.69) is 38.1 Å². The molecule has 4 aliphatic rings. The molecule has 1 N–H and O–H groups in total. The summed E-state index contributed by atoms with van der Waals surface area (Å²) in [5.74, 6) is 3.33. The lowest BCUT2D eigenvalue weighted by atomic mass is 9.45. The molecule has 3 nitrogen and oxygen atoms in total. The van der Waals surface area contributed by atoms with Crippen molar-refractivity contribution >= 4 is 6.08 Å². The van der Waals surface area contributed by atoms with E-state index >= 15 is 0 Å². The Labute approximate surface area is 170 Å². The van der Waals surface area contributed by atoms with Crippen molar-refractivity contribution in [3.63, 3.8) is 0 Å². The highest BCUT2D eigenvalue weighted by molar-refractivity contribution is 5.54. The van der Waals surface area contributed by atoms with Gasteiger partial charge in [0.15, 0.2) is 0 Å². The van der Waals surface area contributed by atoms with Gasteiger partial charge in [0.2, 0.25) is 0 Å². The van der Waals surface area contributed by atoms with Gasteiger partial charge in [-0.1, -0.05) is 32.8 Å². The molecule has 0 spiro atoms. The van der Waals surface area contributed by atoms with Crippen molar-refractivity contribution in [1.82, 2.24) is 9.78 Å². The molecule has 0 amide bonds. The van der Waals surface area contributed by atoms with Crippen molar-refractivity contribution in [2.45, 2.75) is 91.2 Å². The molecule has 5 rings (SSSR count). The number of hydrogen-bond acceptors (Lipinski definition) is 2. The molecule has 1 aromatic heterocycles. The third-order valence-electron chi connectivity index (χ3n) is 9.78. The highest BCUT2D eigenvalue weighted by Crippen LogP contribution is 2.67. The Morgan fingerprint density at radius 1 is 1.11 bits per heavy atom. The zero-order valence-electron chi connectivity index (χ0n) is 18.0. The largest absolute Gasteiger partial charge is 0.388 e. The van der Waals surface area contributed by atoms with Gasteiger partial charge < -0.3 is 5.11 Å². The molecule has 4 saturated carbocycles. The van der Waals surface area contributed by atoms with E-state index in [4.69, 9.17) is 0 Å². The lowest BCUT2D eigenvalue weighted by Crippen LogP contribution is -2.53. The van der Waals surface area contributed by atoms with Gasteiger partial charge in [-0.2, -0.15) is 5.10 Å². The predicted molar refractivity (Wildman–Crippen MR) is 114 cm³/mol. The van der Waals surface area contributed by atoms with E-state index in [1.54, 1.807) is 0 Å². The predicted octanol–water partition coefficient (Wildman–Crippen LogP) is 5.69. The summed E-state index contributed by atoms with van der Waals surface area (Å²) in [6.45, 7) is 8.05. The van der Waals surface area contributed by atoms with E-state index in [-0.39, 0.29) is 11.5 Å². The Balaban J connectivity index is 1.44. The number of hydrogen-bond donors (Lipinski definition) is 1. The van der Waals surface area contributed by atoms with E-state index in [9.17, 15) is 5.11 Å². The average Bonchev–Trinajstić information content (AvgIpc) is 3.25. The number of aromatic nitrogens is 2. The van der Waals surface area contributed by atoms with Gasteiger partial charge in [-0.05, 0) is 86.5 Å². The van der Waals surface area contributed by atoms with Gasteiger partial charge in [0.25, 0.3) is 0 Å². The van der Waals surface area contributed by atoms with E-state index < -0.39 is 0 Å². The minimum absolute atomic E-state index is 0.0750. The van der Waals surface area contributed by atoms with Crippen molar-refractivity contribution in [3.8, 4) is 0 Å². The molecule has 154 valence electrons. The molecule has 0 aromatic carbocycles. The van der Waals surface area contributed by atoms with Crippen molar-refractivity contribution in [1.29, 1.82) is 0 Å². The molecular weight excluding hydrogens is 344 g/mol. The van der Waals surface area contributed by atoms with Crippen LogP contribution in [0.2, 0.25) is 0 Å². The molecule has 28 heavy (non-hydrogen) atoms. The van der Waals surface area contributed by atoms with Gasteiger partial charge in [0, 0.05) is 23.7 Å². The minimum atomic E-state index is -0.277. The standard InChI is InChI=1S/C25H38N2O/c1-4-27-16-17(15-26-27)13-18-14-22-20-9-8-19-7-5-6-11-24(19,2)21(20)10-12-25(22,3)23(18)28/h13,15-16,19-23,28H,4-12,14H2,1-3H3/b18-13+. The fraction of sp³-hybridized carbons (Fsp3) is 0.800. The zero-order valence-corrected chi connectivity index (χ0v) is 18.0. The number of fused-ring (bicyclic) bond motifs is 5. The van der Waals surface area contributed by atoms with Crippen LogP contribution in [0.25, 0.3) is 6.08 Å². The van der Waals surface area contributed by atoms with Crippen LogP contribution in [0.1, 0.15) is 84.1 Å². The minimum Gasteiger partial charge on any atom is -0.388 e. The van der Waals surface area contributed by atoms with Crippen molar-refractivity contribution in [3.05, 3.63) is 23.5 Å². The van der Waals surface area contributed by atoms with E-state index in [1.165, 1.54) is 56.9 Å². The highest BCUT2D eigenvalue weighted by atomic mass is 16.3. The van der Waals surface area contributed by atoms with Crippen molar-refractivity contribution in [2.75, 3.05) is 0 Å². The Hall–Kier alpha value is -1.09. The molecule has 1 aromatic rings. The summed E-state index contributed by atoms with van der Waals surface area (Å²) in [5, 5.41) is 15.8. The normalized spacial score (nSPS) is 46.9. The Kier molecular flexibility index (Phi) is 4.54. The number of aliphatic hydroxyl groups excluding tert-OH is 1. The fourth-order valence-electron chi connectivity index (χ4n) is 8.14. The molecule has 3 heteroatoms. The lowest BCUT2D eigenvalue weighted by molar-refractivity contribution is -0.119. The van der Waals surface area contributed by atoms with Crippen LogP contribution in [-0.2, 0) is 6.54 Å². The van der Waals surface area contributed by atoms with Gasteiger partial charge in [0.1, 0.15) is 0 Å². The number of rotatable bonds is 2. The zero-order chi connectivity index (χ0) is 19.5. The van der Waals surface area contributed by atoms with Gasteiger partial charge in [-0.15, -0.1) is 0 Å². The number of aliphatic hydroxyl groups is 1. The third-order valence-corrected chi connectivity index (χ3v) is 9.78. The lowest BCUT2D eigenvalue weighted by Gasteiger charge is -2.60. The van der Waals surface area contributed by atoms with Gasteiger partial charge in [0.05, 0.1) is 12.3 Å². The molecule has 7 unspecified atom stereocenters. The van der Waals surface area contributed by atoms with Gasteiger partial charge >= 0.3 is 0 Å². The summed E-state index contributed by atoms with van der Waals surface area (Å²) in [6.07, 6.45) is 18.3. The highest BCUT2D eigenvalue weighted by Gasteiger charge is 2.60. The first-order valence-electron chi connectivity index (χ1n) is 11.9. The molecule has 1 heterocycles. The van der Waals surface area contributed by atoms with E-state index in [0.29, 0.717) is 11.3 Å². The molecule has 0 saturated heterocycles. The summed E-state index contributed by atoms with van der Waals surface area (Å²) in [6, 6.07) is 0. The van der Waals surface area contributed by atoms with E-state index in [0.717, 1.165) is 36.3 Å². The quantitative estimate of drug-likeness (QED) is 0.713. The van der Waals surface area contributed by atoms with Gasteiger partial charge in [-0.3, -0.25) is 4.68 Å². The summed E-state index contributed by atoms with van der Waals surface area (Å²) >= 11 is 0. The molecule has 4 aliphatic carbocycles. The monoisotopic (exact) mass is 382 g/mol. The van der Waals surface area contributed by atoms with Crippen LogP contribution in [0.3, 0.4) is 0 Å². The second-order valence-electron chi connectivity index (χ2n) is 10.9. The Morgan fingerprint density at radius 3 is 2.75 bits per heavy atom. The Morgan fingerprint density at radius 2 is 1.96 bits per heavy atom. The summed E-state index contributed by atoms with van der Waals surface area (Å²) in [7, 11) is 0. The Bertz CT molecular complexity index is 766. The summed E-state index contributed by atoms with van der Waals surface area (Å²) in [5.41, 5.74) is 3.06. The second-order valence-corrected chi connectivity index (χ2v) is 10.9. The van der Waals surface area contributed by atoms with Crippen LogP contribution in [0.15, 0.2) is 18.0 Å². The van der Waals surface area contributed by atoms with Gasteiger partial charge in [-0.25, -0.2) is 0 Å². The topological polar surface area (TPSA) is 38.0 Å². The molecule has 7 atom stereocenters. The maximum Gasteiger partial charge on any atom is 0.0809 e. The van der Waals surface area contributed by atoms with Crippen LogP contribution in [0, 0.1) is 34.5 Å². The van der Waals surface area contributed by atoms with Crippen molar-refractivity contribution in [2.24, 2.45) is 34.5 Å². The number of nitrogens with zero attached hydrogens (tertiary/aromatic N) is 2. The first kappa shape index (κ1) is 18.9. The molecule has 4 fully saturated rings. The molecule has 0 bridgehead atoms. The maximum atomic E-state index is 11.4. The third kappa shape index (κ3) is 2.68. The van der Waals surface area contributed by atoms with Crippen LogP contribution < -0.4 is 0 Å². The maximum absolute atomic E-state index is 11.4. The summed E-state index contributed by atoms with van der Waals surface area (Å²) in [4.78, 5) is 0. The summed E-state index contributed by atoms with van der Waals surface area (Å²) < 4.78 is 1.98.